The van der Waals surface area contributed by atoms with Gasteiger partial charge in [0.1, 0.15) is 5.82 Å². The number of likely N-dealkylation sites (tertiary alicyclic amines) is 1. The zero-order valence-corrected chi connectivity index (χ0v) is 12.5. The van der Waals surface area contributed by atoms with Gasteiger partial charge in [-0.05, 0) is 36.0 Å². The largest absolute Gasteiger partial charge is 0.338 e. The Morgan fingerprint density at radius 1 is 1.42 bits per heavy atom. The lowest BCUT2D eigenvalue weighted by Crippen LogP contribution is -2.31. The second kappa shape index (κ2) is 5.16. The Morgan fingerprint density at radius 3 is 2.68 bits per heavy atom. The fourth-order valence-electron chi connectivity index (χ4n) is 2.50. The van der Waals surface area contributed by atoms with E-state index in [2.05, 4.69) is 33.4 Å². The van der Waals surface area contributed by atoms with Crippen molar-refractivity contribution in [3.63, 3.8) is 0 Å². The monoisotopic (exact) mass is 281 g/mol. The molecule has 0 bridgehead atoms. The summed E-state index contributed by atoms with van der Waals surface area (Å²) in [6, 6.07) is 4.36. The van der Waals surface area contributed by atoms with Crippen LogP contribution in [-0.2, 0) is 0 Å². The molecule has 0 N–H and O–H groups in total. The molecule has 2 rings (SSSR count). The van der Waals surface area contributed by atoms with Crippen LogP contribution in [0.4, 0.5) is 4.39 Å². The lowest BCUT2D eigenvalue weighted by Gasteiger charge is -2.27. The van der Waals surface area contributed by atoms with E-state index in [1.807, 2.05) is 0 Å². The Balaban J connectivity index is 2.16. The maximum Gasteiger partial charge on any atom is 0.256 e. The van der Waals surface area contributed by atoms with E-state index in [-0.39, 0.29) is 16.9 Å². The second-order valence-corrected chi connectivity index (χ2v) is 6.78. The number of hydrogen-bond donors (Lipinski definition) is 1. The van der Waals surface area contributed by atoms with Crippen LogP contribution in [0.15, 0.2) is 23.1 Å². The fourth-order valence-corrected chi connectivity index (χ4v) is 2.70. The molecule has 19 heavy (non-hydrogen) atoms. The third kappa shape index (κ3) is 3.11. The zero-order valence-electron chi connectivity index (χ0n) is 11.6. The molecule has 1 heterocycles. The number of amides is 1. The van der Waals surface area contributed by atoms with E-state index in [0.29, 0.717) is 23.9 Å². The number of thiol groups is 1. The SMILES string of the molecule is CC(C)(C)C1CCN(C(=O)c2cc(S)ccc2F)C1. The standard InChI is InChI=1S/C15H20FNOS/c1-15(2,3)10-6-7-17(9-10)14(18)12-8-11(19)4-5-13(12)16/h4-5,8,10,19H,6-7,9H2,1-3H3. The number of hydrogen-bond acceptors (Lipinski definition) is 2. The van der Waals surface area contributed by atoms with Crippen molar-refractivity contribution >= 4 is 18.5 Å². The number of nitrogens with zero attached hydrogens (tertiary/aromatic N) is 1. The van der Waals surface area contributed by atoms with E-state index >= 15 is 0 Å². The summed E-state index contributed by atoms with van der Waals surface area (Å²) in [6.45, 7) is 7.96. The lowest BCUT2D eigenvalue weighted by molar-refractivity contribution is 0.0771. The Labute approximate surface area is 119 Å². The van der Waals surface area contributed by atoms with Gasteiger partial charge in [-0.2, -0.15) is 0 Å². The summed E-state index contributed by atoms with van der Waals surface area (Å²) in [4.78, 5) is 14.7. The summed E-state index contributed by atoms with van der Waals surface area (Å²) in [6.07, 6.45) is 0.984. The molecule has 1 atom stereocenters. The number of carbonyl (C=O) groups is 1. The van der Waals surface area contributed by atoms with Crippen molar-refractivity contribution < 1.29 is 9.18 Å². The topological polar surface area (TPSA) is 20.3 Å². The van der Waals surface area contributed by atoms with Crippen molar-refractivity contribution in [2.75, 3.05) is 13.1 Å². The maximum atomic E-state index is 13.7. The van der Waals surface area contributed by atoms with Crippen molar-refractivity contribution in [1.82, 2.24) is 4.90 Å². The molecule has 1 amide bonds. The highest BCUT2D eigenvalue weighted by molar-refractivity contribution is 7.80. The summed E-state index contributed by atoms with van der Waals surface area (Å²) in [5, 5.41) is 0. The van der Waals surface area contributed by atoms with E-state index in [9.17, 15) is 9.18 Å². The second-order valence-electron chi connectivity index (χ2n) is 6.27. The third-order valence-corrected chi connectivity index (χ3v) is 4.16. The number of carbonyl (C=O) groups excluding carboxylic acids is 1. The van der Waals surface area contributed by atoms with Crippen molar-refractivity contribution in [2.24, 2.45) is 11.3 Å². The van der Waals surface area contributed by atoms with Crippen LogP contribution < -0.4 is 0 Å². The van der Waals surface area contributed by atoms with Crippen LogP contribution in [0.5, 0.6) is 0 Å². The Bertz CT molecular complexity index is 495. The van der Waals surface area contributed by atoms with Crippen LogP contribution >= 0.6 is 12.6 Å². The van der Waals surface area contributed by atoms with Gasteiger partial charge < -0.3 is 4.90 Å². The highest BCUT2D eigenvalue weighted by Crippen LogP contribution is 2.34. The highest BCUT2D eigenvalue weighted by atomic mass is 32.1. The first-order valence-corrected chi connectivity index (χ1v) is 7.01. The van der Waals surface area contributed by atoms with Gasteiger partial charge in [-0.25, -0.2) is 4.39 Å². The van der Waals surface area contributed by atoms with Crippen molar-refractivity contribution in [1.29, 1.82) is 0 Å². The molecule has 1 aromatic carbocycles. The van der Waals surface area contributed by atoms with E-state index in [1.165, 1.54) is 12.1 Å². The van der Waals surface area contributed by atoms with Gasteiger partial charge in [-0.15, -0.1) is 12.6 Å². The highest BCUT2D eigenvalue weighted by Gasteiger charge is 2.34. The summed E-state index contributed by atoms with van der Waals surface area (Å²) in [5.74, 6) is -0.221. The molecule has 1 aliphatic heterocycles. The summed E-state index contributed by atoms with van der Waals surface area (Å²) in [5.41, 5.74) is 0.306. The minimum Gasteiger partial charge on any atom is -0.338 e. The van der Waals surface area contributed by atoms with Crippen LogP contribution in [0.1, 0.15) is 37.6 Å². The van der Waals surface area contributed by atoms with E-state index in [4.69, 9.17) is 0 Å². The van der Waals surface area contributed by atoms with Gasteiger partial charge in [-0.3, -0.25) is 4.79 Å². The van der Waals surface area contributed by atoms with E-state index in [1.54, 1.807) is 11.0 Å². The average molecular weight is 281 g/mol. The minimum absolute atomic E-state index is 0.127. The van der Waals surface area contributed by atoms with Crippen LogP contribution in [0, 0.1) is 17.2 Å². The molecule has 4 heteroatoms. The smallest absolute Gasteiger partial charge is 0.256 e. The number of benzene rings is 1. The van der Waals surface area contributed by atoms with Gasteiger partial charge in [0.2, 0.25) is 0 Å². The minimum atomic E-state index is -0.470. The molecule has 0 aromatic heterocycles. The molecule has 2 nitrogen and oxygen atoms in total. The van der Waals surface area contributed by atoms with Crippen LogP contribution in [0.25, 0.3) is 0 Å². The van der Waals surface area contributed by atoms with E-state index < -0.39 is 5.82 Å². The Hall–Kier alpha value is -1.03. The molecule has 104 valence electrons. The maximum absolute atomic E-state index is 13.7. The van der Waals surface area contributed by atoms with Crippen molar-refractivity contribution in [3.8, 4) is 0 Å². The number of halogens is 1. The predicted molar refractivity (Wildman–Crippen MR) is 77.1 cm³/mol. The summed E-state index contributed by atoms with van der Waals surface area (Å²) in [7, 11) is 0. The molecular weight excluding hydrogens is 261 g/mol. The van der Waals surface area contributed by atoms with E-state index in [0.717, 1.165) is 6.42 Å². The van der Waals surface area contributed by atoms with Crippen LogP contribution in [0.3, 0.4) is 0 Å². The normalized spacial score (nSPS) is 19.8. The molecule has 1 aliphatic rings. The van der Waals surface area contributed by atoms with Crippen molar-refractivity contribution in [3.05, 3.63) is 29.6 Å². The quantitative estimate of drug-likeness (QED) is 0.780. The van der Waals surface area contributed by atoms with Gasteiger partial charge in [0, 0.05) is 18.0 Å². The Morgan fingerprint density at radius 2 is 2.11 bits per heavy atom. The molecule has 1 fully saturated rings. The third-order valence-electron chi connectivity index (χ3n) is 3.88. The molecular formula is C15H20FNOS. The Kier molecular flexibility index (Phi) is 3.90. The molecule has 1 unspecified atom stereocenters. The molecule has 1 saturated heterocycles. The van der Waals surface area contributed by atoms with Gasteiger partial charge >= 0.3 is 0 Å². The van der Waals surface area contributed by atoms with Gasteiger partial charge in [0.15, 0.2) is 0 Å². The van der Waals surface area contributed by atoms with Crippen LogP contribution in [-0.4, -0.2) is 23.9 Å². The van der Waals surface area contributed by atoms with Crippen LogP contribution in [0.2, 0.25) is 0 Å². The lowest BCUT2D eigenvalue weighted by atomic mass is 9.80. The molecule has 0 saturated carbocycles. The first-order chi connectivity index (χ1) is 8.79. The summed E-state index contributed by atoms with van der Waals surface area (Å²) >= 11 is 4.16. The van der Waals surface area contributed by atoms with Gasteiger partial charge in [-0.1, -0.05) is 20.8 Å². The predicted octanol–water partition coefficient (Wildman–Crippen LogP) is 3.62. The molecule has 0 spiro atoms. The first kappa shape index (κ1) is 14.4. The first-order valence-electron chi connectivity index (χ1n) is 6.57. The average Bonchev–Trinajstić information content (AvgIpc) is 2.80. The molecule has 0 radical (unpaired) electrons. The summed E-state index contributed by atoms with van der Waals surface area (Å²) < 4.78 is 13.7. The fraction of sp³-hybridized carbons (Fsp3) is 0.533. The van der Waals surface area contributed by atoms with Gasteiger partial charge in [0.25, 0.3) is 5.91 Å². The van der Waals surface area contributed by atoms with Crippen molar-refractivity contribution in [2.45, 2.75) is 32.1 Å². The van der Waals surface area contributed by atoms with Gasteiger partial charge in [0.05, 0.1) is 5.56 Å². The number of rotatable bonds is 1. The zero-order chi connectivity index (χ0) is 14.2. The molecule has 0 aliphatic carbocycles. The molecule has 1 aromatic rings.